The summed E-state index contributed by atoms with van der Waals surface area (Å²) in [6, 6.07) is 6.07. The van der Waals surface area contributed by atoms with Gasteiger partial charge in [-0.25, -0.2) is 0 Å². The van der Waals surface area contributed by atoms with Gasteiger partial charge < -0.3 is 0 Å². The number of nitrogens with zero attached hydrogens (tertiary/aromatic N) is 1. The molecule has 0 aliphatic rings. The summed E-state index contributed by atoms with van der Waals surface area (Å²) in [4.78, 5) is 4.15. The van der Waals surface area contributed by atoms with Crippen LogP contribution in [0.1, 0.15) is 0 Å². The minimum Gasteiger partial charge on any atom is -0.292 e. The first kappa shape index (κ1) is 6.76. The van der Waals surface area contributed by atoms with Crippen molar-refractivity contribution in [2.45, 2.75) is 0 Å². The number of halogens is 1. The summed E-state index contributed by atoms with van der Waals surface area (Å²) in [6.07, 6.45) is 1.85. The Morgan fingerprint density at radius 3 is 2.75 bits per heavy atom. The lowest BCUT2D eigenvalue weighted by atomic mass is 10.5. The van der Waals surface area contributed by atoms with Crippen molar-refractivity contribution in [1.29, 1.82) is 0 Å². The van der Waals surface area contributed by atoms with Gasteiger partial charge in [0.1, 0.15) is 0 Å². The Morgan fingerprint density at radius 1 is 1.50 bits per heavy atom. The highest BCUT2D eigenvalue weighted by atomic mass is 127. The van der Waals surface area contributed by atoms with Gasteiger partial charge in [0.25, 0.3) is 0 Å². The van der Waals surface area contributed by atoms with Crippen molar-refractivity contribution in [2.24, 2.45) is 0 Å². The van der Waals surface area contributed by atoms with E-state index < -0.39 is 0 Å². The Kier molecular flexibility index (Phi) is 3.07. The van der Waals surface area contributed by atoms with Crippen molar-refractivity contribution in [1.82, 2.24) is 4.98 Å². The van der Waals surface area contributed by atoms with Crippen LogP contribution in [-0.4, -0.2) is 21.5 Å². The number of hydrogen-bond donors (Lipinski definition) is 0. The molecule has 1 aromatic heterocycles. The van der Waals surface area contributed by atoms with E-state index in [4.69, 9.17) is 0 Å². The molecular formula is C5H4IMgN. The molecular weight excluding hydrogens is 225 g/mol. The fourth-order valence-corrected chi connectivity index (χ4v) is 2.23. The summed E-state index contributed by atoms with van der Waals surface area (Å²) < 4.78 is 1.29. The summed E-state index contributed by atoms with van der Waals surface area (Å²) in [5, 5.41) is 0. The lowest BCUT2D eigenvalue weighted by molar-refractivity contribution is 1.39. The molecule has 0 aliphatic carbocycles. The van der Waals surface area contributed by atoms with E-state index >= 15 is 0 Å². The molecule has 0 N–H and O–H groups in total. The Balaban J connectivity index is 2.83. The van der Waals surface area contributed by atoms with E-state index in [0.29, 0.717) is 0 Å². The second-order valence-electron chi connectivity index (χ2n) is 1.45. The van der Waals surface area contributed by atoms with Crippen molar-refractivity contribution in [2.75, 3.05) is 0 Å². The van der Waals surface area contributed by atoms with E-state index in [2.05, 4.69) is 29.9 Å². The molecule has 0 amide bonds. The van der Waals surface area contributed by atoms with Crippen LogP contribution in [0.4, 0.5) is 0 Å². The van der Waals surface area contributed by atoms with E-state index in [1.54, 1.807) is 0 Å². The van der Waals surface area contributed by atoms with Gasteiger partial charge >= 0.3 is 16.5 Å². The summed E-state index contributed by atoms with van der Waals surface area (Å²) in [6.45, 7) is 0. The zero-order valence-corrected chi connectivity index (χ0v) is 7.91. The maximum absolute atomic E-state index is 4.15. The largest absolute Gasteiger partial charge is 0.531 e. The molecule has 0 atom stereocenters. The Bertz CT molecular complexity index is 154. The maximum Gasteiger partial charge on any atom is 0.531 e. The molecule has 1 nitrogen and oxygen atoms in total. The van der Waals surface area contributed by atoms with E-state index in [1.165, 1.54) is 3.82 Å². The van der Waals surface area contributed by atoms with Crippen LogP contribution in [0.5, 0.6) is 0 Å². The molecule has 0 unspecified atom stereocenters. The van der Waals surface area contributed by atoms with Gasteiger partial charge in [-0.2, -0.15) is 0 Å². The van der Waals surface area contributed by atoms with Gasteiger partial charge in [-0.05, 0) is 6.07 Å². The first-order valence-corrected chi connectivity index (χ1v) is 8.21. The van der Waals surface area contributed by atoms with Crippen LogP contribution in [0.15, 0.2) is 24.4 Å². The van der Waals surface area contributed by atoms with Crippen LogP contribution in [0, 0.1) is 0 Å². The van der Waals surface area contributed by atoms with Crippen molar-refractivity contribution in [3.63, 3.8) is 0 Å². The molecule has 0 bridgehead atoms. The predicted molar refractivity (Wildman–Crippen MR) is 43.6 cm³/mol. The second-order valence-corrected chi connectivity index (χ2v) is 4.73. The highest BCUT2D eigenvalue weighted by Gasteiger charge is 1.90. The summed E-state index contributed by atoms with van der Waals surface area (Å²) in [5.74, 6) is 0. The van der Waals surface area contributed by atoms with Crippen molar-refractivity contribution in [3.05, 3.63) is 24.4 Å². The van der Waals surface area contributed by atoms with Gasteiger partial charge in [-0.15, -0.1) is 0 Å². The maximum atomic E-state index is 4.15. The minimum absolute atomic E-state index is 0.0498. The number of hydrogen-bond acceptors (Lipinski definition) is 1. The van der Waals surface area contributed by atoms with Gasteiger partial charge in [-0.1, -0.05) is 16.0 Å². The van der Waals surface area contributed by atoms with Crippen molar-refractivity contribution >= 4 is 39.2 Å². The van der Waals surface area contributed by atoms with Crippen LogP contribution in [0.2, 0.25) is 0 Å². The topological polar surface area (TPSA) is 12.9 Å². The Labute approximate surface area is 68.0 Å². The molecule has 0 fully saturated rings. The quantitative estimate of drug-likeness (QED) is 0.512. The molecule has 1 rings (SSSR count). The normalized spacial score (nSPS) is 8.12. The van der Waals surface area contributed by atoms with Gasteiger partial charge in [0.15, 0.2) is 0 Å². The molecule has 1 aromatic rings. The van der Waals surface area contributed by atoms with Crippen LogP contribution < -0.4 is 3.82 Å². The van der Waals surface area contributed by atoms with Crippen molar-refractivity contribution in [3.8, 4) is 0 Å². The summed E-state index contributed by atoms with van der Waals surface area (Å²) >= 11 is 2.38. The molecule has 38 valence electrons. The molecule has 8 heavy (non-hydrogen) atoms. The fraction of sp³-hybridized carbons (Fsp3) is 0. The molecule has 0 saturated carbocycles. The van der Waals surface area contributed by atoms with Gasteiger partial charge in [0, 0.05) is 6.20 Å². The van der Waals surface area contributed by atoms with Gasteiger partial charge in [-0.3, -0.25) is 23.8 Å². The molecule has 3 heteroatoms. The molecule has 0 saturated heterocycles. The highest BCUT2D eigenvalue weighted by Crippen LogP contribution is 1.78. The monoisotopic (exact) mass is 229 g/mol. The van der Waals surface area contributed by atoms with E-state index in [-0.39, 0.29) is 16.5 Å². The third kappa shape index (κ3) is 1.87. The zero-order chi connectivity index (χ0) is 5.82. The van der Waals surface area contributed by atoms with E-state index in [0.717, 1.165) is 0 Å². The molecule has 0 aliphatic heterocycles. The minimum atomic E-state index is -0.0498. The predicted octanol–water partition coefficient (Wildman–Crippen LogP) is 0.761. The first-order chi connectivity index (χ1) is 3.93. The van der Waals surface area contributed by atoms with Crippen LogP contribution in [0.25, 0.3) is 0 Å². The third-order valence-corrected chi connectivity index (χ3v) is 3.90. The highest BCUT2D eigenvalue weighted by molar-refractivity contribution is 14.1. The lowest BCUT2D eigenvalue weighted by Gasteiger charge is -1.87. The average Bonchev–Trinajstić information content (AvgIpc) is 1.90. The lowest BCUT2D eigenvalue weighted by Crippen LogP contribution is -2.10. The second kappa shape index (κ2) is 3.63. The van der Waals surface area contributed by atoms with Crippen LogP contribution in [-0.2, 0) is 0 Å². The van der Waals surface area contributed by atoms with Crippen molar-refractivity contribution < 1.29 is 0 Å². The van der Waals surface area contributed by atoms with Gasteiger partial charge in [0.2, 0.25) is 0 Å². The number of pyridine rings is 1. The Hall–Kier alpha value is 0.646. The van der Waals surface area contributed by atoms with E-state index in [1.807, 2.05) is 18.3 Å². The molecule has 0 aromatic carbocycles. The SMILES string of the molecule is [I][Mg][c]1ccccn1. The number of rotatable bonds is 1. The van der Waals surface area contributed by atoms with Crippen LogP contribution in [0.3, 0.4) is 0 Å². The van der Waals surface area contributed by atoms with Crippen LogP contribution >= 0.6 is 18.9 Å². The zero-order valence-electron chi connectivity index (χ0n) is 4.34. The Morgan fingerprint density at radius 2 is 2.38 bits per heavy atom. The third-order valence-electron chi connectivity index (χ3n) is 0.863. The van der Waals surface area contributed by atoms with E-state index in [9.17, 15) is 0 Å². The molecule has 0 radical (unpaired) electrons. The summed E-state index contributed by atoms with van der Waals surface area (Å²) in [5.41, 5.74) is 0. The summed E-state index contributed by atoms with van der Waals surface area (Å²) in [7, 11) is 0. The fourth-order valence-electron chi connectivity index (χ4n) is 0.477. The first-order valence-electron chi connectivity index (χ1n) is 2.39. The average molecular weight is 229 g/mol. The smallest absolute Gasteiger partial charge is 0.292 e. The standard InChI is InChI=1S/C5H4N.HI.Mg/c1-2-4-6-5-3-1;;/h1-4H;1H;/q;;+1/p-1. The number of aromatic nitrogens is 1. The van der Waals surface area contributed by atoms with Gasteiger partial charge in [0.05, 0.1) is 0 Å². The molecule has 0 spiro atoms. The molecule has 1 heterocycles.